The molecule has 0 amide bonds. The van der Waals surface area contributed by atoms with Gasteiger partial charge in [-0.15, -0.1) is 23.5 Å². The number of hydrogen-bond acceptors (Lipinski definition) is 4. The summed E-state index contributed by atoms with van der Waals surface area (Å²) in [6.45, 7) is 9.38. The zero-order valence-corrected chi connectivity index (χ0v) is 11.2. The molecule has 0 aromatic rings. The second-order valence-corrected chi connectivity index (χ2v) is 7.24. The molecule has 1 aliphatic heterocycles. The number of carbonyl (C=O) groups is 1. The lowest BCUT2D eigenvalue weighted by Crippen LogP contribution is -2.37. The molecule has 0 spiro atoms. The Bertz CT molecular complexity index is 257. The van der Waals surface area contributed by atoms with Crippen LogP contribution in [0, 0.1) is 0 Å². The summed E-state index contributed by atoms with van der Waals surface area (Å²) in [6.07, 6.45) is 1.17. The second-order valence-electron chi connectivity index (χ2n) is 3.89. The Balaban J connectivity index is 2.54. The molecule has 1 fully saturated rings. The molecule has 15 heavy (non-hydrogen) atoms. The smallest absolute Gasteiger partial charge is 0.333 e. The molecule has 2 nitrogen and oxygen atoms in total. The van der Waals surface area contributed by atoms with E-state index in [9.17, 15) is 4.79 Å². The van der Waals surface area contributed by atoms with Gasteiger partial charge in [-0.1, -0.05) is 6.58 Å². The van der Waals surface area contributed by atoms with Crippen LogP contribution in [0.4, 0.5) is 0 Å². The van der Waals surface area contributed by atoms with E-state index in [1.807, 2.05) is 30.4 Å². The van der Waals surface area contributed by atoms with Gasteiger partial charge in [0.05, 0.1) is 4.08 Å². The molecule has 1 rings (SSSR count). The van der Waals surface area contributed by atoms with Crippen LogP contribution >= 0.6 is 23.5 Å². The summed E-state index contributed by atoms with van der Waals surface area (Å²) in [4.78, 5) is 11.4. The molecule has 1 unspecified atom stereocenters. The molecule has 0 bridgehead atoms. The van der Waals surface area contributed by atoms with Gasteiger partial charge in [-0.3, -0.25) is 0 Å². The summed E-state index contributed by atoms with van der Waals surface area (Å²) in [6, 6.07) is 0. The standard InChI is InChI=1S/C11H18O2S2/c1-8(2)10(12)13-9(3)11(4)14-6-5-7-15-11/h9H,1,5-7H2,2-4H3. The zero-order chi connectivity index (χ0) is 11.5. The van der Waals surface area contributed by atoms with Crippen molar-refractivity contribution >= 4 is 29.5 Å². The Labute approximate surface area is 100 Å². The van der Waals surface area contributed by atoms with E-state index in [2.05, 4.69) is 13.5 Å². The lowest BCUT2D eigenvalue weighted by Gasteiger charge is -2.36. The van der Waals surface area contributed by atoms with Gasteiger partial charge in [-0.25, -0.2) is 4.79 Å². The van der Waals surface area contributed by atoms with E-state index in [1.165, 1.54) is 6.42 Å². The summed E-state index contributed by atoms with van der Waals surface area (Å²) in [5.74, 6) is 2.02. The van der Waals surface area contributed by atoms with Crippen LogP contribution in [-0.4, -0.2) is 27.7 Å². The average Bonchev–Trinajstić information content (AvgIpc) is 2.18. The second kappa shape index (κ2) is 5.30. The fourth-order valence-corrected chi connectivity index (χ4v) is 4.22. The lowest BCUT2D eigenvalue weighted by molar-refractivity contribution is -0.143. The van der Waals surface area contributed by atoms with Crippen molar-refractivity contribution in [3.05, 3.63) is 12.2 Å². The summed E-state index contributed by atoms with van der Waals surface area (Å²) in [7, 11) is 0. The average molecular weight is 246 g/mol. The molecule has 0 radical (unpaired) electrons. The van der Waals surface area contributed by atoms with E-state index in [1.54, 1.807) is 6.92 Å². The van der Waals surface area contributed by atoms with E-state index in [0.717, 1.165) is 11.5 Å². The van der Waals surface area contributed by atoms with Gasteiger partial charge >= 0.3 is 5.97 Å². The summed E-state index contributed by atoms with van der Waals surface area (Å²) in [5, 5.41) is 0. The molecule has 4 heteroatoms. The minimum absolute atomic E-state index is 0.00333. The van der Waals surface area contributed by atoms with Gasteiger partial charge in [0.2, 0.25) is 0 Å². The predicted octanol–water partition coefficient (Wildman–Crippen LogP) is 3.08. The lowest BCUT2D eigenvalue weighted by atomic mass is 10.3. The first-order valence-corrected chi connectivity index (χ1v) is 7.07. The van der Waals surface area contributed by atoms with Crippen LogP contribution in [0.5, 0.6) is 0 Å². The van der Waals surface area contributed by atoms with Crippen LogP contribution in [-0.2, 0) is 9.53 Å². The van der Waals surface area contributed by atoms with Gasteiger partial charge < -0.3 is 4.74 Å². The van der Waals surface area contributed by atoms with E-state index < -0.39 is 0 Å². The Morgan fingerprint density at radius 2 is 2.00 bits per heavy atom. The van der Waals surface area contributed by atoms with E-state index in [-0.39, 0.29) is 16.2 Å². The molecule has 0 N–H and O–H groups in total. The highest BCUT2D eigenvalue weighted by Gasteiger charge is 2.36. The van der Waals surface area contributed by atoms with Crippen molar-refractivity contribution in [3.8, 4) is 0 Å². The van der Waals surface area contributed by atoms with E-state index >= 15 is 0 Å². The Morgan fingerprint density at radius 1 is 1.47 bits per heavy atom. The molecule has 0 aromatic carbocycles. The molecule has 1 atom stereocenters. The number of esters is 1. The van der Waals surface area contributed by atoms with Crippen molar-refractivity contribution in [1.82, 2.24) is 0 Å². The molecule has 1 heterocycles. The third-order valence-corrected chi connectivity index (χ3v) is 5.94. The van der Waals surface area contributed by atoms with Crippen molar-refractivity contribution in [2.45, 2.75) is 37.4 Å². The maximum atomic E-state index is 11.4. The van der Waals surface area contributed by atoms with Crippen molar-refractivity contribution in [2.24, 2.45) is 0 Å². The highest BCUT2D eigenvalue weighted by atomic mass is 32.2. The Kier molecular flexibility index (Phi) is 4.59. The summed E-state index contributed by atoms with van der Waals surface area (Å²) in [5.41, 5.74) is 0.469. The van der Waals surface area contributed by atoms with Crippen molar-refractivity contribution in [2.75, 3.05) is 11.5 Å². The molecule has 1 aliphatic rings. The number of rotatable bonds is 3. The van der Waals surface area contributed by atoms with Gasteiger partial charge in [-0.05, 0) is 38.7 Å². The van der Waals surface area contributed by atoms with Gasteiger partial charge in [0.15, 0.2) is 0 Å². The van der Waals surface area contributed by atoms with E-state index in [4.69, 9.17) is 4.74 Å². The van der Waals surface area contributed by atoms with Gasteiger partial charge in [0.1, 0.15) is 6.10 Å². The molecular weight excluding hydrogens is 228 g/mol. The van der Waals surface area contributed by atoms with Crippen LogP contribution < -0.4 is 0 Å². The maximum absolute atomic E-state index is 11.4. The fourth-order valence-electron chi connectivity index (χ4n) is 1.25. The Hall–Kier alpha value is -0.0900. The van der Waals surface area contributed by atoms with Crippen LogP contribution in [0.25, 0.3) is 0 Å². The normalized spacial score (nSPS) is 21.8. The summed E-state index contributed by atoms with van der Waals surface area (Å²) < 4.78 is 5.38. The van der Waals surface area contributed by atoms with Gasteiger partial charge in [0, 0.05) is 5.57 Å². The monoisotopic (exact) mass is 246 g/mol. The first-order chi connectivity index (χ1) is 6.96. The minimum atomic E-state index is -0.282. The van der Waals surface area contributed by atoms with Gasteiger partial charge in [-0.2, -0.15) is 0 Å². The molecule has 86 valence electrons. The largest absolute Gasteiger partial charge is 0.457 e. The highest BCUT2D eigenvalue weighted by molar-refractivity contribution is 8.18. The molecular formula is C11H18O2S2. The first kappa shape index (κ1) is 13.0. The zero-order valence-electron chi connectivity index (χ0n) is 9.54. The fraction of sp³-hybridized carbons (Fsp3) is 0.727. The highest BCUT2D eigenvalue weighted by Crippen LogP contribution is 2.45. The minimum Gasteiger partial charge on any atom is -0.457 e. The predicted molar refractivity (Wildman–Crippen MR) is 68.3 cm³/mol. The number of thioether (sulfide) groups is 2. The van der Waals surface area contributed by atoms with Crippen LogP contribution in [0.3, 0.4) is 0 Å². The Morgan fingerprint density at radius 3 is 2.47 bits per heavy atom. The molecule has 1 saturated heterocycles. The molecule has 0 saturated carbocycles. The number of hydrogen-bond donors (Lipinski definition) is 0. The number of carbonyl (C=O) groups excluding carboxylic acids is 1. The van der Waals surface area contributed by atoms with Gasteiger partial charge in [0.25, 0.3) is 0 Å². The maximum Gasteiger partial charge on any atom is 0.333 e. The molecule has 0 aromatic heterocycles. The molecule has 0 aliphatic carbocycles. The third kappa shape index (κ3) is 3.45. The first-order valence-electron chi connectivity index (χ1n) is 5.10. The van der Waals surface area contributed by atoms with E-state index in [0.29, 0.717) is 5.57 Å². The number of ether oxygens (including phenoxy) is 1. The quantitative estimate of drug-likeness (QED) is 0.565. The third-order valence-electron chi connectivity index (χ3n) is 2.44. The SMILES string of the molecule is C=C(C)C(=O)OC(C)C1(C)SCCCS1. The van der Waals surface area contributed by atoms with Crippen molar-refractivity contribution in [3.63, 3.8) is 0 Å². The van der Waals surface area contributed by atoms with Crippen LogP contribution in [0.1, 0.15) is 27.2 Å². The van der Waals surface area contributed by atoms with Crippen LogP contribution in [0.15, 0.2) is 12.2 Å². The topological polar surface area (TPSA) is 26.3 Å². The van der Waals surface area contributed by atoms with Crippen molar-refractivity contribution in [1.29, 1.82) is 0 Å². The summed E-state index contributed by atoms with van der Waals surface area (Å²) >= 11 is 3.77. The van der Waals surface area contributed by atoms with Crippen LogP contribution in [0.2, 0.25) is 0 Å². The van der Waals surface area contributed by atoms with Crippen molar-refractivity contribution < 1.29 is 9.53 Å².